The van der Waals surface area contributed by atoms with Crippen LogP contribution in [0.4, 0.5) is 0 Å². The van der Waals surface area contributed by atoms with Gasteiger partial charge in [0.2, 0.25) is 0 Å². The maximum absolute atomic E-state index is 6.28. The number of hydrogen-bond acceptors (Lipinski definition) is 3. The van der Waals surface area contributed by atoms with Crippen LogP contribution in [0.3, 0.4) is 0 Å². The summed E-state index contributed by atoms with van der Waals surface area (Å²) in [5.41, 5.74) is 6.94. The molecule has 14 heavy (non-hydrogen) atoms. The molecule has 2 N–H and O–H groups in total. The smallest absolute Gasteiger partial charge is 0.124 e. The Bertz CT molecular complexity index is 327. The van der Waals surface area contributed by atoms with Gasteiger partial charge in [-0.3, -0.25) is 0 Å². The van der Waals surface area contributed by atoms with Gasteiger partial charge >= 0.3 is 0 Å². The van der Waals surface area contributed by atoms with Crippen LogP contribution in [-0.4, -0.2) is 20.3 Å². The fourth-order valence-electron chi connectivity index (χ4n) is 1.89. The molecule has 1 atom stereocenters. The third-order valence-electron chi connectivity index (χ3n) is 2.63. The lowest BCUT2D eigenvalue weighted by Crippen LogP contribution is -2.45. The minimum atomic E-state index is -0.385. The minimum Gasteiger partial charge on any atom is -0.493 e. The second-order valence-electron chi connectivity index (χ2n) is 3.68. The van der Waals surface area contributed by atoms with Crippen molar-refractivity contribution in [3.63, 3.8) is 0 Å². The lowest BCUT2D eigenvalue weighted by atomic mass is 9.86. The van der Waals surface area contributed by atoms with Gasteiger partial charge in [-0.25, -0.2) is 0 Å². The molecule has 1 unspecified atom stereocenters. The molecule has 0 radical (unpaired) electrons. The van der Waals surface area contributed by atoms with Crippen LogP contribution in [0.15, 0.2) is 24.3 Å². The van der Waals surface area contributed by atoms with Crippen LogP contribution in [-0.2, 0) is 10.3 Å². The van der Waals surface area contributed by atoms with Gasteiger partial charge in [-0.05, 0) is 6.07 Å². The molecule has 1 aliphatic heterocycles. The van der Waals surface area contributed by atoms with E-state index in [0.29, 0.717) is 13.2 Å². The summed E-state index contributed by atoms with van der Waals surface area (Å²) in [6, 6.07) is 7.89. The molecule has 1 heterocycles. The second kappa shape index (κ2) is 3.59. The second-order valence-corrected chi connectivity index (χ2v) is 3.68. The maximum Gasteiger partial charge on any atom is 0.124 e. The predicted octanol–water partition coefficient (Wildman–Crippen LogP) is 1.27. The van der Waals surface area contributed by atoms with E-state index in [1.54, 1.807) is 7.11 Å². The number of ether oxygens (including phenoxy) is 2. The summed E-state index contributed by atoms with van der Waals surface area (Å²) < 4.78 is 10.7. The van der Waals surface area contributed by atoms with Gasteiger partial charge < -0.3 is 15.2 Å². The molecule has 0 amide bonds. The maximum atomic E-state index is 6.28. The van der Waals surface area contributed by atoms with Gasteiger partial charge in [0, 0.05) is 19.1 Å². The summed E-state index contributed by atoms with van der Waals surface area (Å²) in [5.74, 6) is 0.887. The van der Waals surface area contributed by atoms with Crippen LogP contribution in [0.2, 0.25) is 0 Å². The van der Waals surface area contributed by atoms with Gasteiger partial charge in [0.05, 0.1) is 18.8 Å². The largest absolute Gasteiger partial charge is 0.493 e. The zero-order chi connectivity index (χ0) is 10.0. The Morgan fingerprint density at radius 2 is 2.29 bits per heavy atom. The molecule has 0 bridgehead atoms. The molecule has 76 valence electrons. The zero-order valence-electron chi connectivity index (χ0n) is 8.32. The summed E-state index contributed by atoms with van der Waals surface area (Å²) in [7, 11) is 1.67. The van der Waals surface area contributed by atoms with Crippen molar-refractivity contribution in [1.29, 1.82) is 0 Å². The molecule has 3 heteroatoms. The predicted molar refractivity (Wildman–Crippen MR) is 54.3 cm³/mol. The Labute approximate surface area is 83.8 Å². The molecule has 0 spiro atoms. The molecular weight excluding hydrogens is 178 g/mol. The highest BCUT2D eigenvalue weighted by Crippen LogP contribution is 2.34. The van der Waals surface area contributed by atoms with Crippen molar-refractivity contribution in [2.45, 2.75) is 12.0 Å². The summed E-state index contributed by atoms with van der Waals surface area (Å²) in [5, 5.41) is 0. The summed E-state index contributed by atoms with van der Waals surface area (Å²) in [6.07, 6.45) is 0.803. The number of methoxy groups -OCH3 is 1. The van der Waals surface area contributed by atoms with Crippen molar-refractivity contribution < 1.29 is 9.47 Å². The zero-order valence-corrected chi connectivity index (χ0v) is 8.32. The fraction of sp³-hybridized carbons (Fsp3) is 0.455. The van der Waals surface area contributed by atoms with Gasteiger partial charge in [0.25, 0.3) is 0 Å². The summed E-state index contributed by atoms with van der Waals surface area (Å²) >= 11 is 0. The number of benzene rings is 1. The first-order valence-corrected chi connectivity index (χ1v) is 4.76. The van der Waals surface area contributed by atoms with E-state index in [0.717, 1.165) is 17.7 Å². The van der Waals surface area contributed by atoms with Gasteiger partial charge in [-0.15, -0.1) is 0 Å². The molecular formula is C11H15NO2. The molecule has 1 aromatic carbocycles. The first-order valence-electron chi connectivity index (χ1n) is 4.76. The number of fused-ring (bicyclic) bond motifs is 1. The first kappa shape index (κ1) is 9.49. The van der Waals surface area contributed by atoms with Crippen LogP contribution >= 0.6 is 0 Å². The molecule has 0 saturated carbocycles. The lowest BCUT2D eigenvalue weighted by molar-refractivity contribution is 0.0989. The van der Waals surface area contributed by atoms with Gasteiger partial charge in [-0.1, -0.05) is 18.2 Å². The molecule has 0 aromatic heterocycles. The highest BCUT2D eigenvalue weighted by atomic mass is 16.5. The van der Waals surface area contributed by atoms with E-state index in [-0.39, 0.29) is 5.54 Å². The van der Waals surface area contributed by atoms with E-state index < -0.39 is 0 Å². The quantitative estimate of drug-likeness (QED) is 0.769. The average Bonchev–Trinajstić information content (AvgIpc) is 2.19. The van der Waals surface area contributed by atoms with Crippen molar-refractivity contribution in [3.05, 3.63) is 29.8 Å². The van der Waals surface area contributed by atoms with Crippen LogP contribution in [0, 0.1) is 0 Å². The van der Waals surface area contributed by atoms with E-state index in [9.17, 15) is 0 Å². The summed E-state index contributed by atoms with van der Waals surface area (Å²) in [4.78, 5) is 0. The van der Waals surface area contributed by atoms with Crippen LogP contribution in [0.25, 0.3) is 0 Å². The highest BCUT2D eigenvalue weighted by molar-refractivity contribution is 5.40. The topological polar surface area (TPSA) is 44.5 Å². The molecule has 2 rings (SSSR count). The van der Waals surface area contributed by atoms with E-state index in [1.807, 2.05) is 24.3 Å². The van der Waals surface area contributed by atoms with E-state index in [2.05, 4.69) is 0 Å². The molecule has 0 saturated heterocycles. The first-order chi connectivity index (χ1) is 6.76. The SMILES string of the molecule is COCC1(N)CCOc2ccccc21. The van der Waals surface area contributed by atoms with Crippen molar-refractivity contribution in [3.8, 4) is 5.75 Å². The van der Waals surface area contributed by atoms with Crippen LogP contribution < -0.4 is 10.5 Å². The van der Waals surface area contributed by atoms with Gasteiger partial charge in [0.15, 0.2) is 0 Å². The Balaban J connectivity index is 2.39. The van der Waals surface area contributed by atoms with Crippen molar-refractivity contribution in [2.24, 2.45) is 5.73 Å². The third-order valence-corrected chi connectivity index (χ3v) is 2.63. The van der Waals surface area contributed by atoms with Crippen molar-refractivity contribution in [2.75, 3.05) is 20.3 Å². The number of rotatable bonds is 2. The molecule has 1 aliphatic rings. The normalized spacial score (nSPS) is 25.3. The Morgan fingerprint density at radius 1 is 1.50 bits per heavy atom. The van der Waals surface area contributed by atoms with Gasteiger partial charge in [0.1, 0.15) is 5.75 Å². The molecule has 0 aliphatic carbocycles. The number of nitrogens with two attached hydrogens (primary N) is 1. The molecule has 3 nitrogen and oxygen atoms in total. The van der Waals surface area contributed by atoms with Crippen LogP contribution in [0.5, 0.6) is 5.75 Å². The van der Waals surface area contributed by atoms with E-state index in [4.69, 9.17) is 15.2 Å². The average molecular weight is 193 g/mol. The van der Waals surface area contributed by atoms with Crippen LogP contribution in [0.1, 0.15) is 12.0 Å². The fourth-order valence-corrected chi connectivity index (χ4v) is 1.89. The van der Waals surface area contributed by atoms with Crippen molar-refractivity contribution >= 4 is 0 Å². The third kappa shape index (κ3) is 1.49. The summed E-state index contributed by atoms with van der Waals surface area (Å²) in [6.45, 7) is 1.20. The number of hydrogen-bond donors (Lipinski definition) is 1. The Morgan fingerprint density at radius 3 is 3.07 bits per heavy atom. The van der Waals surface area contributed by atoms with E-state index >= 15 is 0 Å². The van der Waals surface area contributed by atoms with Gasteiger partial charge in [-0.2, -0.15) is 0 Å². The monoisotopic (exact) mass is 193 g/mol. The molecule has 1 aromatic rings. The van der Waals surface area contributed by atoms with Crippen molar-refractivity contribution in [1.82, 2.24) is 0 Å². The Kier molecular flexibility index (Phi) is 2.44. The lowest BCUT2D eigenvalue weighted by Gasteiger charge is -2.34. The minimum absolute atomic E-state index is 0.385. The standard InChI is InChI=1S/C11H15NO2/c1-13-8-11(12)6-7-14-10-5-3-2-4-9(10)11/h2-5H,6-8,12H2,1H3. The Hall–Kier alpha value is -1.06. The van der Waals surface area contributed by atoms with E-state index in [1.165, 1.54) is 0 Å². The highest BCUT2D eigenvalue weighted by Gasteiger charge is 2.33. The molecule has 0 fully saturated rings. The number of para-hydroxylation sites is 1.